The molecule has 0 aromatic carbocycles. The van der Waals surface area contributed by atoms with Gasteiger partial charge in [0.1, 0.15) is 5.82 Å². The quantitative estimate of drug-likeness (QED) is 0.798. The molecule has 15 heavy (non-hydrogen) atoms. The lowest BCUT2D eigenvalue weighted by molar-refractivity contribution is 0.444. The minimum Gasteiger partial charge on any atom is -0.369 e. The summed E-state index contributed by atoms with van der Waals surface area (Å²) in [5.41, 5.74) is 1.09. The average molecular weight is 206 g/mol. The Morgan fingerprint density at radius 3 is 2.67 bits per heavy atom. The lowest BCUT2D eigenvalue weighted by atomic mass is 9.93. The molecule has 1 heterocycles. The summed E-state index contributed by atoms with van der Waals surface area (Å²) < 4.78 is 0. The lowest BCUT2D eigenvalue weighted by Crippen LogP contribution is -2.28. The van der Waals surface area contributed by atoms with E-state index in [1.807, 2.05) is 6.07 Å². The van der Waals surface area contributed by atoms with Crippen LogP contribution in [0.3, 0.4) is 0 Å². The Balaban J connectivity index is 2.18. The molecule has 0 bridgehead atoms. The van der Waals surface area contributed by atoms with Crippen molar-refractivity contribution >= 4 is 5.82 Å². The Hall–Kier alpha value is -1.25. The Kier molecular flexibility index (Phi) is 2.80. The van der Waals surface area contributed by atoms with Crippen molar-refractivity contribution < 1.29 is 0 Å². The number of rotatable bonds is 3. The summed E-state index contributed by atoms with van der Waals surface area (Å²) >= 11 is 0. The summed E-state index contributed by atoms with van der Waals surface area (Å²) in [5.74, 6) is 1.27. The number of hydrogen-bond donors (Lipinski definition) is 2. The molecule has 0 saturated heterocycles. The summed E-state index contributed by atoms with van der Waals surface area (Å²) in [6.45, 7) is 4.20. The van der Waals surface area contributed by atoms with Crippen LogP contribution in [-0.4, -0.2) is 11.0 Å². The van der Waals surface area contributed by atoms with Gasteiger partial charge in [-0.25, -0.2) is 0 Å². The number of nitrogens with one attached hydrogen (secondary N) is 2. The monoisotopic (exact) mass is 206 g/mol. The van der Waals surface area contributed by atoms with Gasteiger partial charge in [-0.3, -0.25) is 4.79 Å². The van der Waals surface area contributed by atoms with Crippen LogP contribution in [0, 0.1) is 0 Å². The van der Waals surface area contributed by atoms with E-state index in [0.717, 1.165) is 11.4 Å². The van der Waals surface area contributed by atoms with Gasteiger partial charge in [-0.05, 0) is 36.8 Å². The van der Waals surface area contributed by atoms with Crippen molar-refractivity contribution in [1.29, 1.82) is 0 Å². The molecule has 0 aliphatic heterocycles. The fourth-order valence-corrected chi connectivity index (χ4v) is 1.75. The van der Waals surface area contributed by atoms with Crippen molar-refractivity contribution in [3.8, 4) is 0 Å². The zero-order chi connectivity index (χ0) is 10.8. The van der Waals surface area contributed by atoms with Crippen LogP contribution < -0.4 is 10.9 Å². The van der Waals surface area contributed by atoms with Gasteiger partial charge in [0.05, 0.1) is 0 Å². The predicted molar refractivity (Wildman–Crippen MR) is 62.4 cm³/mol. The standard InChI is InChI=1S/C12H18N2O/c1-8(2)9-6-11(14-12(15)7-9)13-10-4-3-5-10/h6-8,10H,3-5H2,1-2H3,(H2,13,14,15). The van der Waals surface area contributed by atoms with E-state index in [4.69, 9.17) is 0 Å². The molecule has 1 aromatic heterocycles. The molecule has 0 amide bonds. The molecular weight excluding hydrogens is 188 g/mol. The summed E-state index contributed by atoms with van der Waals surface area (Å²) in [6, 6.07) is 4.28. The highest BCUT2D eigenvalue weighted by molar-refractivity contribution is 5.39. The highest BCUT2D eigenvalue weighted by atomic mass is 16.1. The first kappa shape index (κ1) is 10.3. The third kappa shape index (κ3) is 2.41. The van der Waals surface area contributed by atoms with Crippen molar-refractivity contribution in [2.24, 2.45) is 0 Å². The van der Waals surface area contributed by atoms with Gasteiger partial charge in [0, 0.05) is 12.1 Å². The fourth-order valence-electron chi connectivity index (χ4n) is 1.75. The number of aromatic amines is 1. The van der Waals surface area contributed by atoms with E-state index < -0.39 is 0 Å². The van der Waals surface area contributed by atoms with Crippen LogP contribution in [0.2, 0.25) is 0 Å². The van der Waals surface area contributed by atoms with Gasteiger partial charge in [0.2, 0.25) is 5.56 Å². The molecule has 3 heteroatoms. The van der Waals surface area contributed by atoms with E-state index in [9.17, 15) is 4.79 Å². The number of pyridine rings is 1. The molecule has 1 fully saturated rings. The van der Waals surface area contributed by atoms with Gasteiger partial charge in [0.15, 0.2) is 0 Å². The topological polar surface area (TPSA) is 44.9 Å². The zero-order valence-electron chi connectivity index (χ0n) is 9.34. The van der Waals surface area contributed by atoms with E-state index >= 15 is 0 Å². The molecule has 1 aliphatic carbocycles. The second-order valence-electron chi connectivity index (χ2n) is 4.62. The second-order valence-corrected chi connectivity index (χ2v) is 4.62. The largest absolute Gasteiger partial charge is 0.369 e. The SMILES string of the molecule is CC(C)c1cc(NC2CCC2)[nH]c(=O)c1. The van der Waals surface area contributed by atoms with E-state index in [0.29, 0.717) is 12.0 Å². The third-order valence-electron chi connectivity index (χ3n) is 3.00. The van der Waals surface area contributed by atoms with Gasteiger partial charge in [-0.15, -0.1) is 0 Å². The molecule has 1 aliphatic rings. The molecule has 82 valence electrons. The van der Waals surface area contributed by atoms with Crippen molar-refractivity contribution in [1.82, 2.24) is 4.98 Å². The smallest absolute Gasteiger partial charge is 0.249 e. The first-order chi connectivity index (χ1) is 7.15. The van der Waals surface area contributed by atoms with Gasteiger partial charge < -0.3 is 10.3 Å². The Labute approximate surface area is 89.9 Å². The second kappa shape index (κ2) is 4.09. The van der Waals surface area contributed by atoms with E-state index in [1.165, 1.54) is 19.3 Å². The van der Waals surface area contributed by atoms with Gasteiger partial charge in [-0.2, -0.15) is 0 Å². The van der Waals surface area contributed by atoms with Crippen LogP contribution in [0.4, 0.5) is 5.82 Å². The number of H-pyrrole nitrogens is 1. The van der Waals surface area contributed by atoms with E-state index in [2.05, 4.69) is 24.1 Å². The molecule has 0 atom stereocenters. The molecule has 3 nitrogen and oxygen atoms in total. The van der Waals surface area contributed by atoms with Gasteiger partial charge in [-0.1, -0.05) is 13.8 Å². The summed E-state index contributed by atoms with van der Waals surface area (Å²) in [5, 5.41) is 3.36. The Morgan fingerprint density at radius 2 is 2.13 bits per heavy atom. The van der Waals surface area contributed by atoms with Crippen molar-refractivity contribution in [2.75, 3.05) is 5.32 Å². The van der Waals surface area contributed by atoms with Crippen LogP contribution in [0.5, 0.6) is 0 Å². The van der Waals surface area contributed by atoms with Gasteiger partial charge >= 0.3 is 0 Å². The molecule has 2 rings (SSSR count). The van der Waals surface area contributed by atoms with Crippen molar-refractivity contribution in [2.45, 2.75) is 45.1 Å². The minimum absolute atomic E-state index is 0.0111. The first-order valence-electron chi connectivity index (χ1n) is 5.66. The van der Waals surface area contributed by atoms with Crippen LogP contribution >= 0.6 is 0 Å². The lowest BCUT2D eigenvalue weighted by Gasteiger charge is -2.27. The highest BCUT2D eigenvalue weighted by Crippen LogP contribution is 2.23. The summed E-state index contributed by atoms with van der Waals surface area (Å²) in [6.07, 6.45) is 3.73. The Morgan fingerprint density at radius 1 is 1.40 bits per heavy atom. The number of anilines is 1. The maximum absolute atomic E-state index is 11.4. The van der Waals surface area contributed by atoms with Crippen LogP contribution in [-0.2, 0) is 0 Å². The summed E-state index contributed by atoms with van der Waals surface area (Å²) in [4.78, 5) is 14.2. The molecule has 1 saturated carbocycles. The van der Waals surface area contributed by atoms with E-state index in [-0.39, 0.29) is 5.56 Å². The van der Waals surface area contributed by atoms with Crippen molar-refractivity contribution in [3.05, 3.63) is 28.0 Å². The maximum atomic E-state index is 11.4. The number of hydrogen-bond acceptors (Lipinski definition) is 2. The van der Waals surface area contributed by atoms with Crippen molar-refractivity contribution in [3.63, 3.8) is 0 Å². The molecular formula is C12H18N2O. The van der Waals surface area contributed by atoms with Gasteiger partial charge in [0.25, 0.3) is 0 Å². The van der Waals surface area contributed by atoms with Crippen LogP contribution in [0.15, 0.2) is 16.9 Å². The Bertz CT molecular complexity index is 391. The molecule has 0 radical (unpaired) electrons. The fraction of sp³-hybridized carbons (Fsp3) is 0.583. The maximum Gasteiger partial charge on any atom is 0.249 e. The highest BCUT2D eigenvalue weighted by Gasteiger charge is 2.17. The summed E-state index contributed by atoms with van der Waals surface area (Å²) in [7, 11) is 0. The molecule has 0 unspecified atom stereocenters. The normalized spacial score (nSPS) is 16.5. The first-order valence-corrected chi connectivity index (χ1v) is 5.66. The minimum atomic E-state index is -0.0111. The molecule has 1 aromatic rings. The third-order valence-corrected chi connectivity index (χ3v) is 3.00. The predicted octanol–water partition coefficient (Wildman–Crippen LogP) is 2.46. The zero-order valence-corrected chi connectivity index (χ0v) is 9.34. The molecule has 0 spiro atoms. The number of aromatic nitrogens is 1. The van der Waals surface area contributed by atoms with E-state index in [1.54, 1.807) is 6.07 Å². The average Bonchev–Trinajstić information content (AvgIpc) is 2.10. The molecule has 2 N–H and O–H groups in total. The van der Waals surface area contributed by atoms with Crippen LogP contribution in [0.1, 0.15) is 44.6 Å². The van der Waals surface area contributed by atoms with Crippen LogP contribution in [0.25, 0.3) is 0 Å².